The lowest BCUT2D eigenvalue weighted by molar-refractivity contribution is -0.0980. The molecule has 3 aromatic rings. The van der Waals surface area contributed by atoms with Gasteiger partial charge in [-0.05, 0) is 88.8 Å². The summed E-state index contributed by atoms with van der Waals surface area (Å²) in [5.74, 6) is 1.06. The van der Waals surface area contributed by atoms with E-state index in [4.69, 9.17) is 19.3 Å². The van der Waals surface area contributed by atoms with E-state index in [0.717, 1.165) is 56.5 Å². The number of benzene rings is 2. The summed E-state index contributed by atoms with van der Waals surface area (Å²) in [6, 6.07) is 29.5. The number of rotatable bonds is 13. The molecule has 55 heavy (non-hydrogen) atoms. The Morgan fingerprint density at radius 1 is 0.927 bits per heavy atom. The summed E-state index contributed by atoms with van der Waals surface area (Å²) in [5.41, 5.74) is 7.08. The van der Waals surface area contributed by atoms with E-state index < -0.39 is 0 Å². The van der Waals surface area contributed by atoms with Crippen molar-refractivity contribution >= 4 is 29.8 Å². The molecule has 1 saturated heterocycles. The first-order valence-electron chi connectivity index (χ1n) is 20.5. The molecule has 2 aliphatic heterocycles. The van der Waals surface area contributed by atoms with E-state index in [1.54, 1.807) is 0 Å². The zero-order chi connectivity index (χ0) is 41.1. The van der Waals surface area contributed by atoms with Crippen molar-refractivity contribution < 1.29 is 15.7 Å². The second-order valence-electron chi connectivity index (χ2n) is 11.7. The predicted octanol–water partition coefficient (Wildman–Crippen LogP) is 12.6. The third-order valence-corrected chi connectivity index (χ3v) is 8.21. The van der Waals surface area contributed by atoms with Gasteiger partial charge < -0.3 is 29.4 Å². The molecule has 7 heteroatoms. The second-order valence-corrected chi connectivity index (χ2v) is 11.7. The van der Waals surface area contributed by atoms with Crippen molar-refractivity contribution in [2.24, 2.45) is 4.99 Å². The standard InChI is InChI=1S/C23H27N3O.C18H25NO.3C2H6.CH2O.H2/c1-2-27-18-15-22-20-13-7-8-14-21(20)24-23(25-16-9-4-10-17-25)26(22)19-11-5-3-6-12-19;1-4-8-16(3)9-6-7-14-20-15-19-18-12-10-17(5-2)11-13-18;4*1-2;/h3,5-6,11-14,22H,2,4,9-10,15-18H2,1H3;4,6-13,19H,5,14-15H2,1-3H3;3*1-2H3;1H2;1H/b;7-6+,8-4-,16-9-;;;;;. The van der Waals surface area contributed by atoms with E-state index in [2.05, 4.69) is 108 Å². The number of hydrogen-bond donors (Lipinski definition) is 1. The fourth-order valence-electron chi connectivity index (χ4n) is 5.73. The van der Waals surface area contributed by atoms with Gasteiger partial charge >= 0.3 is 0 Å². The third-order valence-electron chi connectivity index (χ3n) is 8.21. The molecule has 7 nitrogen and oxygen atoms in total. The van der Waals surface area contributed by atoms with E-state index in [1.165, 1.54) is 41.6 Å². The number of aliphatic imine (C=N–C) groups is 1. The normalized spacial score (nSPS) is 14.4. The van der Waals surface area contributed by atoms with Crippen LogP contribution >= 0.6 is 0 Å². The average molecular weight is 755 g/mol. The van der Waals surface area contributed by atoms with Gasteiger partial charge in [0, 0.05) is 50.7 Å². The van der Waals surface area contributed by atoms with Crippen molar-refractivity contribution in [2.75, 3.05) is 49.9 Å². The lowest BCUT2D eigenvalue weighted by Crippen LogP contribution is -2.49. The van der Waals surface area contributed by atoms with Crippen molar-refractivity contribution in [1.82, 2.24) is 4.90 Å². The average Bonchev–Trinajstić information content (AvgIpc) is 3.27. The smallest absolute Gasteiger partial charge is 0.207 e. The Bertz CT molecular complexity index is 1470. The molecule has 0 aromatic heterocycles. The molecule has 1 N–H and O–H groups in total. The second kappa shape index (κ2) is 33.9. The number of nitrogens with one attached hydrogen (secondary N) is 1. The molecule has 1 unspecified atom stereocenters. The molecule has 0 amide bonds. The maximum Gasteiger partial charge on any atom is 0.207 e. The molecular weight excluding hydrogens is 681 g/mol. The van der Waals surface area contributed by atoms with Gasteiger partial charge in [0.25, 0.3) is 0 Å². The van der Waals surface area contributed by atoms with Crippen LogP contribution in [0, 0.1) is 12.1 Å². The van der Waals surface area contributed by atoms with E-state index in [9.17, 15) is 0 Å². The van der Waals surface area contributed by atoms with Gasteiger partial charge in [0.15, 0.2) is 0 Å². The van der Waals surface area contributed by atoms with Gasteiger partial charge in [0.1, 0.15) is 13.5 Å². The SMILES string of the molecule is C=O.CC.CC.CC.CCOCCC1c2cc#ccc2N=C(N2CCCCC2)N1c1ccccc1.C\C=C/C(C)=C\C=C\COCNc1ccc(CC)cc1.[HH]. The zero-order valence-electron chi connectivity index (χ0n) is 35.9. The van der Waals surface area contributed by atoms with Crippen molar-refractivity contribution in [1.29, 1.82) is 0 Å². The van der Waals surface area contributed by atoms with Crippen LogP contribution in [-0.4, -0.2) is 57.3 Å². The molecule has 2 heterocycles. The number of anilines is 2. The van der Waals surface area contributed by atoms with Crippen LogP contribution in [0.4, 0.5) is 17.1 Å². The fraction of sp³-hybridized carbons (Fsp3) is 0.458. The van der Waals surface area contributed by atoms with Crippen molar-refractivity contribution in [3.63, 3.8) is 0 Å². The van der Waals surface area contributed by atoms with E-state index in [-0.39, 0.29) is 7.47 Å². The minimum absolute atomic E-state index is 0. The van der Waals surface area contributed by atoms with Gasteiger partial charge in [-0.1, -0.05) is 127 Å². The molecule has 0 spiro atoms. The van der Waals surface area contributed by atoms with Crippen LogP contribution in [0.3, 0.4) is 0 Å². The molecule has 1 fully saturated rings. The van der Waals surface area contributed by atoms with Gasteiger partial charge in [-0.15, -0.1) is 0 Å². The van der Waals surface area contributed by atoms with Gasteiger partial charge in [-0.25, -0.2) is 4.99 Å². The topological polar surface area (TPSA) is 66.4 Å². The molecule has 1 atom stereocenters. The number of carbonyl (C=O) groups excluding carboxylic acids is 1. The Hall–Kier alpha value is -4.64. The first-order chi connectivity index (χ1) is 27.1. The van der Waals surface area contributed by atoms with Crippen LogP contribution in [0.1, 0.15) is 114 Å². The Kier molecular flexibility index (Phi) is 31.0. The van der Waals surface area contributed by atoms with E-state index in [1.807, 2.05) is 92.5 Å². The highest BCUT2D eigenvalue weighted by Crippen LogP contribution is 2.40. The summed E-state index contributed by atoms with van der Waals surface area (Å²) in [7, 11) is 0. The Morgan fingerprint density at radius 3 is 2.20 bits per heavy atom. The summed E-state index contributed by atoms with van der Waals surface area (Å²) < 4.78 is 11.2. The lowest BCUT2D eigenvalue weighted by atomic mass is 9.98. The number of allylic oxidation sites excluding steroid dienone is 5. The molecule has 2 aliphatic rings. The predicted molar refractivity (Wildman–Crippen MR) is 241 cm³/mol. The number of para-hydroxylation sites is 1. The van der Waals surface area contributed by atoms with Gasteiger partial charge in [-0.3, -0.25) is 0 Å². The molecule has 0 saturated carbocycles. The number of fused-ring (bicyclic) bond motifs is 1. The summed E-state index contributed by atoms with van der Waals surface area (Å²) >= 11 is 0. The van der Waals surface area contributed by atoms with Crippen LogP contribution in [0.5, 0.6) is 0 Å². The van der Waals surface area contributed by atoms with E-state index in [0.29, 0.717) is 13.3 Å². The minimum Gasteiger partial charge on any atom is -0.382 e. The summed E-state index contributed by atoms with van der Waals surface area (Å²) in [6.07, 6.45) is 16.0. The van der Waals surface area contributed by atoms with Crippen LogP contribution in [0.2, 0.25) is 0 Å². The van der Waals surface area contributed by atoms with Gasteiger partial charge in [0.05, 0.1) is 18.3 Å². The number of piperidine rings is 1. The van der Waals surface area contributed by atoms with E-state index >= 15 is 0 Å². The number of ether oxygens (including phenoxy) is 2. The number of likely N-dealkylation sites (tertiary alicyclic amines) is 1. The number of aryl methyl sites for hydroxylation is 1. The Balaban J connectivity index is 0. The zero-order valence-corrected chi connectivity index (χ0v) is 35.9. The highest BCUT2D eigenvalue weighted by Gasteiger charge is 2.34. The maximum absolute atomic E-state index is 8.00. The molecule has 0 aliphatic carbocycles. The largest absolute Gasteiger partial charge is 0.382 e. The molecule has 3 aromatic carbocycles. The minimum atomic E-state index is 0. The highest BCUT2D eigenvalue weighted by atomic mass is 16.5. The van der Waals surface area contributed by atoms with Crippen LogP contribution in [-0.2, 0) is 20.7 Å². The number of guanidine groups is 1. The van der Waals surface area contributed by atoms with Crippen LogP contribution < -0.4 is 10.2 Å². The summed E-state index contributed by atoms with van der Waals surface area (Å²) in [6.45, 7) is 27.0. The monoisotopic (exact) mass is 755 g/mol. The molecule has 0 bridgehead atoms. The summed E-state index contributed by atoms with van der Waals surface area (Å²) in [4.78, 5) is 17.9. The van der Waals surface area contributed by atoms with Crippen LogP contribution in [0.25, 0.3) is 0 Å². The Morgan fingerprint density at radius 2 is 1.58 bits per heavy atom. The molecule has 304 valence electrons. The molecule has 0 radical (unpaired) electrons. The van der Waals surface area contributed by atoms with Crippen molar-refractivity contribution in [2.45, 2.75) is 107 Å². The maximum atomic E-state index is 8.00. The first-order valence-corrected chi connectivity index (χ1v) is 20.5. The molecular formula is C48H74N4O3. The Labute approximate surface area is 337 Å². The van der Waals surface area contributed by atoms with Crippen molar-refractivity contribution in [3.8, 4) is 0 Å². The van der Waals surface area contributed by atoms with Crippen LogP contribution in [0.15, 0.2) is 108 Å². The summed E-state index contributed by atoms with van der Waals surface area (Å²) in [5, 5.41) is 3.23. The highest BCUT2D eigenvalue weighted by molar-refractivity contribution is 6.00. The quantitative estimate of drug-likeness (QED) is 0.106. The van der Waals surface area contributed by atoms with Crippen molar-refractivity contribution in [3.05, 3.63) is 126 Å². The number of nitrogens with zero attached hydrogens (tertiary/aromatic N) is 3. The number of carbonyl (C=O) groups is 1. The lowest BCUT2D eigenvalue weighted by Gasteiger charge is -2.43. The first kappa shape index (κ1) is 50.4. The fourth-order valence-corrected chi connectivity index (χ4v) is 5.73. The molecule has 5 rings (SSSR count). The number of hydrogen-bond acceptors (Lipinski definition) is 7. The third kappa shape index (κ3) is 19.0. The van der Waals surface area contributed by atoms with Gasteiger partial charge in [0.2, 0.25) is 5.96 Å². The van der Waals surface area contributed by atoms with Gasteiger partial charge in [-0.2, -0.15) is 0 Å².